The van der Waals surface area contributed by atoms with Crippen molar-refractivity contribution in [3.05, 3.63) is 12.2 Å². The van der Waals surface area contributed by atoms with Gasteiger partial charge in [0.05, 0.1) is 6.10 Å². The summed E-state index contributed by atoms with van der Waals surface area (Å²) in [5.74, 6) is -0.491. The lowest BCUT2D eigenvalue weighted by molar-refractivity contribution is -0.119. The molecule has 4 heteroatoms. The maximum atomic E-state index is 10.6. The molecule has 0 unspecified atom stereocenters. The van der Waals surface area contributed by atoms with Crippen LogP contribution in [0.3, 0.4) is 0 Å². The number of epoxide rings is 1. The summed E-state index contributed by atoms with van der Waals surface area (Å²) in [4.78, 5) is 10.6. The Hall–Kier alpha value is -0.870. The van der Waals surface area contributed by atoms with Gasteiger partial charge in [-0.3, -0.25) is 4.79 Å². The third-order valence-corrected chi connectivity index (χ3v) is 2.05. The topological polar surface area (TPSA) is 75.8 Å². The predicted octanol–water partition coefficient (Wildman–Crippen LogP) is -0.0437. The Morgan fingerprint density at radius 1 is 1.77 bits per heavy atom. The Bertz CT molecular complexity index is 215. The van der Waals surface area contributed by atoms with E-state index in [1.807, 2.05) is 19.1 Å². The van der Waals surface area contributed by atoms with Crippen LogP contribution >= 0.6 is 0 Å². The molecule has 0 aromatic carbocycles. The van der Waals surface area contributed by atoms with Crippen molar-refractivity contribution < 1.29 is 14.6 Å². The maximum absolute atomic E-state index is 10.6. The number of rotatable bonds is 5. The number of allylic oxidation sites excluding steroid dienone is 2. The number of carbonyl (C=O) groups is 1. The van der Waals surface area contributed by atoms with Gasteiger partial charge < -0.3 is 15.6 Å². The second-order valence-corrected chi connectivity index (χ2v) is 3.14. The van der Waals surface area contributed by atoms with E-state index in [1.165, 1.54) is 0 Å². The van der Waals surface area contributed by atoms with E-state index in [4.69, 9.17) is 10.5 Å². The molecule has 3 N–H and O–H groups in total. The lowest BCUT2D eigenvalue weighted by atomic mass is 10.1. The van der Waals surface area contributed by atoms with Crippen molar-refractivity contribution in [2.24, 2.45) is 5.73 Å². The first-order valence-electron chi connectivity index (χ1n) is 4.40. The first-order valence-corrected chi connectivity index (χ1v) is 4.40. The highest BCUT2D eigenvalue weighted by Gasteiger charge is 2.47. The highest BCUT2D eigenvalue weighted by atomic mass is 16.6. The van der Waals surface area contributed by atoms with Gasteiger partial charge >= 0.3 is 0 Å². The molecule has 0 aromatic rings. The summed E-state index contributed by atoms with van der Waals surface area (Å²) in [5.41, 5.74) is 4.99. The van der Waals surface area contributed by atoms with E-state index < -0.39 is 18.1 Å². The van der Waals surface area contributed by atoms with Gasteiger partial charge in [-0.2, -0.15) is 0 Å². The van der Waals surface area contributed by atoms with Crippen LogP contribution in [-0.4, -0.2) is 29.3 Å². The average molecular weight is 185 g/mol. The minimum atomic E-state index is -0.575. The molecule has 0 aliphatic carbocycles. The number of primary amides is 1. The molecule has 0 bridgehead atoms. The van der Waals surface area contributed by atoms with Gasteiger partial charge in [0, 0.05) is 0 Å². The first kappa shape index (κ1) is 10.2. The second-order valence-electron chi connectivity index (χ2n) is 3.14. The molecule has 1 aliphatic rings. The Kier molecular flexibility index (Phi) is 3.45. The molecular weight excluding hydrogens is 170 g/mol. The van der Waals surface area contributed by atoms with Crippen molar-refractivity contribution >= 4 is 5.91 Å². The van der Waals surface area contributed by atoms with Crippen molar-refractivity contribution in [2.45, 2.75) is 38.1 Å². The number of amides is 1. The zero-order valence-electron chi connectivity index (χ0n) is 7.64. The molecule has 0 aromatic heterocycles. The summed E-state index contributed by atoms with van der Waals surface area (Å²) in [7, 11) is 0. The van der Waals surface area contributed by atoms with Crippen molar-refractivity contribution in [1.29, 1.82) is 0 Å². The van der Waals surface area contributed by atoms with Crippen molar-refractivity contribution in [3.63, 3.8) is 0 Å². The monoisotopic (exact) mass is 185 g/mol. The SMILES string of the molecule is C/C=C\CC[C@@H](O)[C@H]1O[C@H]1C(N)=O. The largest absolute Gasteiger partial charge is 0.390 e. The Morgan fingerprint density at radius 2 is 2.46 bits per heavy atom. The van der Waals surface area contributed by atoms with Gasteiger partial charge in [0.15, 0.2) is 6.10 Å². The summed E-state index contributed by atoms with van der Waals surface area (Å²) in [6.07, 6.45) is 3.77. The van der Waals surface area contributed by atoms with Crippen LogP contribution in [0.25, 0.3) is 0 Å². The van der Waals surface area contributed by atoms with Gasteiger partial charge in [-0.25, -0.2) is 0 Å². The minimum absolute atomic E-state index is 0.372. The lowest BCUT2D eigenvalue weighted by Crippen LogP contribution is -2.25. The van der Waals surface area contributed by atoms with Crippen molar-refractivity contribution in [2.75, 3.05) is 0 Å². The van der Waals surface area contributed by atoms with Crippen LogP contribution in [0.5, 0.6) is 0 Å². The van der Waals surface area contributed by atoms with E-state index >= 15 is 0 Å². The first-order chi connectivity index (χ1) is 6.16. The third-order valence-electron chi connectivity index (χ3n) is 2.05. The molecule has 1 amide bonds. The number of carbonyl (C=O) groups excluding carboxylic acids is 1. The summed E-state index contributed by atoms with van der Waals surface area (Å²) in [5, 5.41) is 9.47. The van der Waals surface area contributed by atoms with Gasteiger partial charge in [0.25, 0.3) is 0 Å². The number of hydrogen-bond acceptors (Lipinski definition) is 3. The van der Waals surface area contributed by atoms with Gasteiger partial charge in [-0.1, -0.05) is 12.2 Å². The highest BCUT2D eigenvalue weighted by molar-refractivity contribution is 5.81. The highest BCUT2D eigenvalue weighted by Crippen LogP contribution is 2.27. The second kappa shape index (κ2) is 4.39. The summed E-state index contributed by atoms with van der Waals surface area (Å²) < 4.78 is 4.92. The molecule has 1 fully saturated rings. The zero-order chi connectivity index (χ0) is 9.84. The molecule has 0 spiro atoms. The molecule has 1 heterocycles. The Morgan fingerprint density at radius 3 is 2.92 bits per heavy atom. The molecule has 1 rings (SSSR count). The number of nitrogens with two attached hydrogens (primary N) is 1. The molecular formula is C9H15NO3. The average Bonchev–Trinajstić information content (AvgIpc) is 2.83. The smallest absolute Gasteiger partial charge is 0.249 e. The van der Waals surface area contributed by atoms with Crippen LogP contribution in [0.4, 0.5) is 0 Å². The lowest BCUT2D eigenvalue weighted by Gasteiger charge is -2.03. The van der Waals surface area contributed by atoms with Gasteiger partial charge in [0.2, 0.25) is 5.91 Å². The molecule has 13 heavy (non-hydrogen) atoms. The van der Waals surface area contributed by atoms with Crippen molar-refractivity contribution in [3.8, 4) is 0 Å². The van der Waals surface area contributed by atoms with Crippen LogP contribution in [0.15, 0.2) is 12.2 Å². The number of aliphatic hydroxyl groups is 1. The van der Waals surface area contributed by atoms with E-state index in [0.717, 1.165) is 6.42 Å². The summed E-state index contributed by atoms with van der Waals surface area (Å²) in [6.45, 7) is 1.92. The molecule has 4 nitrogen and oxygen atoms in total. The minimum Gasteiger partial charge on any atom is -0.390 e. The van der Waals surface area contributed by atoms with E-state index in [1.54, 1.807) is 0 Å². The normalized spacial score (nSPS) is 29.1. The fourth-order valence-corrected chi connectivity index (χ4v) is 1.24. The van der Waals surface area contributed by atoms with Crippen LogP contribution in [0.2, 0.25) is 0 Å². The summed E-state index contributed by atoms with van der Waals surface area (Å²) >= 11 is 0. The van der Waals surface area contributed by atoms with Gasteiger partial charge in [-0.15, -0.1) is 0 Å². The van der Waals surface area contributed by atoms with E-state index in [9.17, 15) is 9.90 Å². The quantitative estimate of drug-likeness (QED) is 0.466. The zero-order valence-corrected chi connectivity index (χ0v) is 7.64. The van der Waals surface area contributed by atoms with E-state index in [2.05, 4.69) is 0 Å². The number of aliphatic hydroxyl groups excluding tert-OH is 1. The molecule has 1 saturated heterocycles. The number of ether oxygens (including phenoxy) is 1. The predicted molar refractivity (Wildman–Crippen MR) is 47.9 cm³/mol. The fourth-order valence-electron chi connectivity index (χ4n) is 1.24. The van der Waals surface area contributed by atoms with Gasteiger partial charge in [-0.05, 0) is 19.8 Å². The van der Waals surface area contributed by atoms with Crippen LogP contribution in [0, 0.1) is 0 Å². The molecule has 1 aliphatic heterocycles. The molecule has 74 valence electrons. The standard InChI is InChI=1S/C9H15NO3/c1-2-3-4-5-6(11)7-8(13-7)9(10)12/h2-3,6-8,11H,4-5H2,1H3,(H2,10,12)/b3-2-/t6-,7-,8-/m1/s1. The van der Waals surface area contributed by atoms with Crippen LogP contribution < -0.4 is 5.73 Å². The van der Waals surface area contributed by atoms with E-state index in [-0.39, 0.29) is 6.10 Å². The van der Waals surface area contributed by atoms with E-state index in [0.29, 0.717) is 6.42 Å². The Balaban J connectivity index is 2.19. The maximum Gasteiger partial charge on any atom is 0.249 e. The van der Waals surface area contributed by atoms with Crippen LogP contribution in [-0.2, 0) is 9.53 Å². The third kappa shape index (κ3) is 2.82. The van der Waals surface area contributed by atoms with Crippen LogP contribution in [0.1, 0.15) is 19.8 Å². The Labute approximate surface area is 77.4 Å². The van der Waals surface area contributed by atoms with Gasteiger partial charge in [0.1, 0.15) is 6.10 Å². The number of hydrogen-bond donors (Lipinski definition) is 2. The summed E-state index contributed by atoms with van der Waals surface area (Å²) in [6, 6.07) is 0. The molecule has 0 saturated carbocycles. The fraction of sp³-hybridized carbons (Fsp3) is 0.667. The molecule has 0 radical (unpaired) electrons. The molecule has 3 atom stereocenters. The van der Waals surface area contributed by atoms with Crippen molar-refractivity contribution in [1.82, 2.24) is 0 Å².